The highest BCUT2D eigenvalue weighted by Crippen LogP contribution is 2.36. The number of carbonyl (C=O) groups is 4. The number of nitrogens with zero attached hydrogens (tertiary/aromatic N) is 2. The Hall–Kier alpha value is -2.94. The van der Waals surface area contributed by atoms with Crippen LogP contribution in [0.3, 0.4) is 0 Å². The van der Waals surface area contributed by atoms with Crippen LogP contribution < -0.4 is 5.32 Å². The molecule has 2 N–H and O–H groups in total. The van der Waals surface area contributed by atoms with Crippen LogP contribution in [-0.2, 0) is 26.5 Å². The number of rotatable bonds is 2. The van der Waals surface area contributed by atoms with Crippen molar-refractivity contribution in [3.05, 3.63) is 34.9 Å². The number of aliphatic hydroxyl groups is 1. The Balaban J connectivity index is 1.46. The van der Waals surface area contributed by atoms with Crippen LogP contribution in [0, 0.1) is 0 Å². The number of benzene rings is 1. The minimum atomic E-state index is -1.16. The van der Waals surface area contributed by atoms with Gasteiger partial charge in [0.1, 0.15) is 11.6 Å². The summed E-state index contributed by atoms with van der Waals surface area (Å²) in [5, 5.41) is 13.6. The molecule has 3 aliphatic heterocycles. The Morgan fingerprint density at radius 3 is 2.50 bits per heavy atom. The molecule has 1 aromatic carbocycles. The van der Waals surface area contributed by atoms with Gasteiger partial charge in [-0.1, -0.05) is 12.1 Å². The van der Waals surface area contributed by atoms with Gasteiger partial charge >= 0.3 is 6.09 Å². The molecule has 4 rings (SSSR count). The number of carbonyl (C=O) groups excluding carboxylic acids is 4. The smallest absolute Gasteiger partial charge is 0.410 e. The Kier molecular flexibility index (Phi) is 5.48. The molecule has 3 heterocycles. The first-order valence-electron chi connectivity index (χ1n) is 11.0. The van der Waals surface area contributed by atoms with Crippen LogP contribution in [0.15, 0.2) is 18.2 Å². The number of likely N-dealkylation sites (tertiary alicyclic amines) is 1. The van der Waals surface area contributed by atoms with Crippen molar-refractivity contribution < 1.29 is 29.0 Å². The normalized spacial score (nSPS) is 23.1. The van der Waals surface area contributed by atoms with E-state index in [1.54, 1.807) is 11.0 Å². The fourth-order valence-electron chi connectivity index (χ4n) is 4.52. The summed E-state index contributed by atoms with van der Waals surface area (Å²) in [5.41, 5.74) is 0.141. The number of fused-ring (bicyclic) bond motifs is 1. The molecule has 9 nitrogen and oxygen atoms in total. The molecule has 0 bridgehead atoms. The van der Waals surface area contributed by atoms with Crippen LogP contribution in [0.5, 0.6) is 0 Å². The van der Waals surface area contributed by atoms with Crippen LogP contribution in [0.4, 0.5) is 4.79 Å². The zero-order valence-electron chi connectivity index (χ0n) is 18.6. The molecular formula is C23H29N3O6. The number of ether oxygens (including phenoxy) is 1. The second-order valence-corrected chi connectivity index (χ2v) is 9.77. The maximum atomic E-state index is 13.0. The van der Waals surface area contributed by atoms with Gasteiger partial charge in [0.05, 0.1) is 5.60 Å². The SMILES string of the molecule is CC(C)(C)OC(=O)N1CCC(O)(c2ccc3c(c2)C(=O)N(C2CCC(=O)NC2=O)C3)CC1. The van der Waals surface area contributed by atoms with Crippen molar-refractivity contribution in [2.45, 2.75) is 70.2 Å². The summed E-state index contributed by atoms with van der Waals surface area (Å²) in [6.45, 7) is 6.42. The molecule has 1 atom stereocenters. The van der Waals surface area contributed by atoms with Gasteiger partial charge in [-0.2, -0.15) is 0 Å². The van der Waals surface area contributed by atoms with Crippen molar-refractivity contribution in [1.29, 1.82) is 0 Å². The monoisotopic (exact) mass is 443 g/mol. The molecular weight excluding hydrogens is 414 g/mol. The molecule has 32 heavy (non-hydrogen) atoms. The fourth-order valence-corrected chi connectivity index (χ4v) is 4.52. The van der Waals surface area contributed by atoms with Gasteiger partial charge in [-0.3, -0.25) is 19.7 Å². The van der Waals surface area contributed by atoms with E-state index in [9.17, 15) is 24.3 Å². The summed E-state index contributed by atoms with van der Waals surface area (Å²) in [6.07, 6.45) is 0.771. The van der Waals surface area contributed by atoms with Gasteiger partial charge in [0.25, 0.3) is 5.91 Å². The Morgan fingerprint density at radius 1 is 1.19 bits per heavy atom. The highest BCUT2D eigenvalue weighted by Gasteiger charge is 2.41. The topological polar surface area (TPSA) is 116 Å². The van der Waals surface area contributed by atoms with E-state index in [-0.39, 0.29) is 18.2 Å². The molecule has 2 fully saturated rings. The number of hydrogen-bond donors (Lipinski definition) is 2. The first kappa shape index (κ1) is 22.3. The zero-order chi connectivity index (χ0) is 23.3. The van der Waals surface area contributed by atoms with Crippen molar-refractivity contribution in [3.8, 4) is 0 Å². The van der Waals surface area contributed by atoms with Crippen LogP contribution >= 0.6 is 0 Å². The summed E-state index contributed by atoms with van der Waals surface area (Å²) in [5.74, 6) is -1.04. The molecule has 1 aromatic rings. The third-order valence-electron chi connectivity index (χ3n) is 6.31. The highest BCUT2D eigenvalue weighted by atomic mass is 16.6. The lowest BCUT2D eigenvalue weighted by atomic mass is 9.83. The molecule has 4 amide bonds. The van der Waals surface area contributed by atoms with Crippen LogP contribution in [0.1, 0.15) is 67.9 Å². The number of hydrogen-bond acceptors (Lipinski definition) is 6. The van der Waals surface area contributed by atoms with E-state index in [0.29, 0.717) is 50.0 Å². The van der Waals surface area contributed by atoms with Gasteiger partial charge in [-0.05, 0) is 57.2 Å². The van der Waals surface area contributed by atoms with E-state index >= 15 is 0 Å². The Morgan fingerprint density at radius 2 is 1.88 bits per heavy atom. The Labute approximate surface area is 186 Å². The molecule has 0 aromatic heterocycles. The maximum absolute atomic E-state index is 13.0. The molecule has 3 aliphatic rings. The average molecular weight is 444 g/mol. The van der Waals surface area contributed by atoms with E-state index < -0.39 is 29.2 Å². The summed E-state index contributed by atoms with van der Waals surface area (Å²) in [4.78, 5) is 52.1. The highest BCUT2D eigenvalue weighted by molar-refractivity contribution is 6.05. The molecule has 0 aliphatic carbocycles. The third-order valence-corrected chi connectivity index (χ3v) is 6.31. The minimum absolute atomic E-state index is 0.204. The van der Waals surface area contributed by atoms with Crippen LogP contribution in [-0.4, -0.2) is 63.5 Å². The predicted octanol–water partition coefficient (Wildman–Crippen LogP) is 1.67. The molecule has 0 saturated carbocycles. The molecule has 1 unspecified atom stereocenters. The van der Waals surface area contributed by atoms with Crippen molar-refractivity contribution in [3.63, 3.8) is 0 Å². The standard InChI is InChI=1S/C23H29N3O6/c1-22(2,3)32-21(30)25-10-8-23(31,9-11-25)15-5-4-14-13-26(20(29)16(14)12-15)17-6-7-18(27)24-19(17)28/h4-5,12,17,31H,6-11,13H2,1-3H3,(H,24,27,28). The second-order valence-electron chi connectivity index (χ2n) is 9.77. The zero-order valence-corrected chi connectivity index (χ0v) is 18.6. The van der Waals surface area contributed by atoms with Crippen LogP contribution in [0.25, 0.3) is 0 Å². The van der Waals surface area contributed by atoms with Gasteiger partial charge in [-0.15, -0.1) is 0 Å². The van der Waals surface area contributed by atoms with E-state index in [4.69, 9.17) is 4.74 Å². The van der Waals surface area contributed by atoms with Crippen molar-refractivity contribution in [2.75, 3.05) is 13.1 Å². The van der Waals surface area contributed by atoms with Gasteiger partial charge in [0.2, 0.25) is 11.8 Å². The minimum Gasteiger partial charge on any atom is -0.444 e. The quantitative estimate of drug-likeness (QED) is 0.672. The molecule has 2 saturated heterocycles. The van der Waals surface area contributed by atoms with Gasteiger partial charge in [0, 0.05) is 31.6 Å². The molecule has 172 valence electrons. The summed E-state index contributed by atoms with van der Waals surface area (Å²) >= 11 is 0. The molecule has 0 spiro atoms. The van der Waals surface area contributed by atoms with Crippen molar-refractivity contribution in [1.82, 2.24) is 15.1 Å². The van der Waals surface area contributed by atoms with Crippen LogP contribution in [0.2, 0.25) is 0 Å². The van der Waals surface area contributed by atoms with E-state index in [1.807, 2.05) is 32.9 Å². The number of piperidine rings is 2. The van der Waals surface area contributed by atoms with Crippen molar-refractivity contribution in [2.24, 2.45) is 0 Å². The van der Waals surface area contributed by atoms with E-state index in [0.717, 1.165) is 5.56 Å². The third kappa shape index (κ3) is 4.21. The largest absolute Gasteiger partial charge is 0.444 e. The van der Waals surface area contributed by atoms with Gasteiger partial charge in [0.15, 0.2) is 0 Å². The first-order valence-corrected chi connectivity index (χ1v) is 11.0. The molecule has 0 radical (unpaired) electrons. The maximum Gasteiger partial charge on any atom is 0.410 e. The van der Waals surface area contributed by atoms with Crippen molar-refractivity contribution >= 4 is 23.8 Å². The summed E-state index contributed by atoms with van der Waals surface area (Å²) in [6, 6.07) is 4.65. The number of imide groups is 1. The predicted molar refractivity (Wildman–Crippen MR) is 113 cm³/mol. The van der Waals surface area contributed by atoms with Gasteiger partial charge in [-0.25, -0.2) is 4.79 Å². The van der Waals surface area contributed by atoms with Gasteiger partial charge < -0.3 is 19.6 Å². The lowest BCUT2D eigenvalue weighted by Gasteiger charge is -2.39. The lowest BCUT2D eigenvalue weighted by molar-refractivity contribution is -0.136. The Bertz CT molecular complexity index is 974. The number of amides is 4. The van der Waals surface area contributed by atoms with E-state index in [1.165, 1.54) is 4.90 Å². The number of nitrogens with one attached hydrogen (secondary N) is 1. The average Bonchev–Trinajstić information content (AvgIpc) is 3.03. The fraction of sp³-hybridized carbons (Fsp3) is 0.565. The first-order chi connectivity index (χ1) is 15.0. The second kappa shape index (κ2) is 7.88. The molecule has 9 heteroatoms. The summed E-state index contributed by atoms with van der Waals surface area (Å²) in [7, 11) is 0. The summed E-state index contributed by atoms with van der Waals surface area (Å²) < 4.78 is 5.41. The lowest BCUT2D eigenvalue weighted by Crippen LogP contribution is -2.52. The van der Waals surface area contributed by atoms with E-state index in [2.05, 4.69) is 5.32 Å².